The van der Waals surface area contributed by atoms with Crippen molar-refractivity contribution in [3.63, 3.8) is 0 Å². The van der Waals surface area contributed by atoms with Gasteiger partial charge >= 0.3 is 0 Å². The Morgan fingerprint density at radius 1 is 1.15 bits per heavy atom. The molecule has 0 fully saturated rings. The number of primary sulfonamides is 1. The number of amides is 1. The summed E-state index contributed by atoms with van der Waals surface area (Å²) in [4.78, 5) is 14.1. The van der Waals surface area contributed by atoms with E-state index < -0.39 is 10.0 Å². The molecule has 26 heavy (non-hydrogen) atoms. The molecule has 1 amide bonds. The third-order valence-electron chi connectivity index (χ3n) is 4.38. The lowest BCUT2D eigenvalue weighted by atomic mass is 10.0. The monoisotopic (exact) mass is 371 g/mol. The molecule has 6 nitrogen and oxygen atoms in total. The van der Waals surface area contributed by atoms with Crippen molar-refractivity contribution in [2.24, 2.45) is 5.14 Å². The minimum Gasteiger partial charge on any atom is -0.339 e. The van der Waals surface area contributed by atoms with Gasteiger partial charge in [-0.05, 0) is 48.7 Å². The highest BCUT2D eigenvalue weighted by Crippen LogP contribution is 2.21. The Labute approximate surface area is 153 Å². The number of benzene rings is 2. The number of carbonyl (C=O) groups is 1. The quantitative estimate of drug-likeness (QED) is 0.841. The van der Waals surface area contributed by atoms with Gasteiger partial charge in [-0.1, -0.05) is 24.3 Å². The average Bonchev–Trinajstić information content (AvgIpc) is 2.64. The lowest BCUT2D eigenvalue weighted by molar-refractivity contribution is -0.131. The van der Waals surface area contributed by atoms with E-state index in [1.807, 2.05) is 19.1 Å². The van der Waals surface area contributed by atoms with Crippen LogP contribution in [0, 0.1) is 11.3 Å². The molecule has 0 radical (unpaired) electrons. The maximum atomic E-state index is 12.4. The number of sulfonamides is 1. The summed E-state index contributed by atoms with van der Waals surface area (Å²) in [5.74, 6) is -0.0163. The van der Waals surface area contributed by atoms with E-state index in [4.69, 9.17) is 10.4 Å². The topological polar surface area (TPSA) is 104 Å². The van der Waals surface area contributed by atoms with Crippen LogP contribution >= 0.6 is 0 Å². The summed E-state index contributed by atoms with van der Waals surface area (Å²) < 4.78 is 22.6. The molecule has 0 aromatic heterocycles. The number of rotatable bonds is 6. The Morgan fingerprint density at radius 2 is 1.73 bits per heavy atom. The van der Waals surface area contributed by atoms with Gasteiger partial charge in [0.2, 0.25) is 15.9 Å². The molecule has 0 aliphatic carbocycles. The molecule has 1 atom stereocenters. The second-order valence-electron chi connectivity index (χ2n) is 6.10. The molecule has 2 aromatic rings. The van der Waals surface area contributed by atoms with Gasteiger partial charge in [0.25, 0.3) is 0 Å². The van der Waals surface area contributed by atoms with Gasteiger partial charge in [-0.25, -0.2) is 13.6 Å². The number of hydrogen-bond acceptors (Lipinski definition) is 4. The molecule has 136 valence electrons. The van der Waals surface area contributed by atoms with E-state index >= 15 is 0 Å². The number of nitrogens with two attached hydrogens (primary N) is 1. The van der Waals surface area contributed by atoms with Gasteiger partial charge in [-0.15, -0.1) is 0 Å². The van der Waals surface area contributed by atoms with Gasteiger partial charge in [-0.2, -0.15) is 5.26 Å². The molecule has 0 spiro atoms. The summed E-state index contributed by atoms with van der Waals surface area (Å²) >= 11 is 0. The first-order chi connectivity index (χ1) is 12.2. The number of nitriles is 1. The molecular weight excluding hydrogens is 350 g/mol. The van der Waals surface area contributed by atoms with E-state index in [9.17, 15) is 13.2 Å². The summed E-state index contributed by atoms with van der Waals surface area (Å²) in [5.41, 5.74) is 2.41. The first kappa shape index (κ1) is 19.6. The summed E-state index contributed by atoms with van der Waals surface area (Å²) in [5, 5.41) is 13.9. The minimum atomic E-state index is -3.73. The van der Waals surface area contributed by atoms with Gasteiger partial charge in [0.1, 0.15) is 0 Å². The molecule has 2 aromatic carbocycles. The van der Waals surface area contributed by atoms with Crippen molar-refractivity contribution in [3.8, 4) is 6.07 Å². The Kier molecular flexibility index (Phi) is 6.14. The van der Waals surface area contributed by atoms with Gasteiger partial charge < -0.3 is 4.90 Å². The second kappa shape index (κ2) is 8.13. The van der Waals surface area contributed by atoms with Gasteiger partial charge in [0.05, 0.1) is 22.6 Å². The molecule has 0 bridgehead atoms. The fourth-order valence-corrected chi connectivity index (χ4v) is 3.06. The summed E-state index contributed by atoms with van der Waals surface area (Å²) in [6.07, 6.45) is 0.938. The largest absolute Gasteiger partial charge is 0.339 e. The third-order valence-corrected chi connectivity index (χ3v) is 5.31. The smallest absolute Gasteiger partial charge is 0.238 e. The predicted molar refractivity (Wildman–Crippen MR) is 98.5 cm³/mol. The fourth-order valence-electron chi connectivity index (χ4n) is 2.55. The molecule has 1 unspecified atom stereocenters. The van der Waals surface area contributed by atoms with E-state index in [0.717, 1.165) is 11.1 Å². The highest BCUT2D eigenvalue weighted by atomic mass is 32.2. The lowest BCUT2D eigenvalue weighted by Crippen LogP contribution is -2.29. The van der Waals surface area contributed by atoms with Crippen molar-refractivity contribution >= 4 is 15.9 Å². The van der Waals surface area contributed by atoms with Crippen LogP contribution in [0.2, 0.25) is 0 Å². The molecule has 0 aliphatic rings. The van der Waals surface area contributed by atoms with Gasteiger partial charge in [0.15, 0.2) is 0 Å². The zero-order valence-corrected chi connectivity index (χ0v) is 15.5. The minimum absolute atomic E-state index is 0.0163. The molecule has 0 saturated carbocycles. The fraction of sp³-hybridized carbons (Fsp3) is 0.263. The molecule has 0 aliphatic heterocycles. The SMILES string of the molecule is CC(c1ccc(S(N)(=O)=O)cc1)N(C)C(=O)CCc1ccc(C#N)cc1. The first-order valence-corrected chi connectivity index (χ1v) is 9.64. The Bertz CT molecular complexity index is 914. The predicted octanol–water partition coefficient (Wildman–Crippen LogP) is 2.36. The molecule has 7 heteroatoms. The van der Waals surface area contributed by atoms with Crippen LogP contribution in [0.15, 0.2) is 53.4 Å². The molecule has 2 rings (SSSR count). The summed E-state index contributed by atoms with van der Waals surface area (Å²) in [6, 6.07) is 15.2. The van der Waals surface area contributed by atoms with E-state index in [1.165, 1.54) is 12.1 Å². The number of hydrogen-bond donors (Lipinski definition) is 1. The van der Waals surface area contributed by atoms with Gasteiger partial charge in [0, 0.05) is 13.5 Å². The van der Waals surface area contributed by atoms with Gasteiger partial charge in [-0.3, -0.25) is 4.79 Å². The van der Waals surface area contributed by atoms with E-state index in [-0.39, 0.29) is 16.8 Å². The maximum absolute atomic E-state index is 12.4. The third kappa shape index (κ3) is 4.91. The van der Waals surface area contributed by atoms with Crippen molar-refractivity contribution in [2.75, 3.05) is 7.05 Å². The Hall–Kier alpha value is -2.69. The molecule has 0 saturated heterocycles. The zero-order valence-electron chi connectivity index (χ0n) is 14.7. The Morgan fingerprint density at radius 3 is 2.23 bits per heavy atom. The zero-order chi connectivity index (χ0) is 19.3. The molecule has 0 heterocycles. The molecular formula is C19H21N3O3S. The normalized spacial score (nSPS) is 12.2. The van der Waals surface area contributed by atoms with Crippen LogP contribution in [0.3, 0.4) is 0 Å². The van der Waals surface area contributed by atoms with Crippen LogP contribution < -0.4 is 5.14 Å². The van der Waals surface area contributed by atoms with Crippen LogP contribution in [0.1, 0.15) is 36.1 Å². The highest BCUT2D eigenvalue weighted by molar-refractivity contribution is 7.89. The van der Waals surface area contributed by atoms with Crippen LogP contribution in [0.5, 0.6) is 0 Å². The number of aryl methyl sites for hydroxylation is 1. The maximum Gasteiger partial charge on any atom is 0.238 e. The van der Waals surface area contributed by atoms with Crippen LogP contribution in [0.4, 0.5) is 0 Å². The van der Waals surface area contributed by atoms with E-state index in [1.54, 1.807) is 36.2 Å². The van der Waals surface area contributed by atoms with E-state index in [0.29, 0.717) is 18.4 Å². The number of carbonyl (C=O) groups excluding carboxylic acids is 1. The first-order valence-electron chi connectivity index (χ1n) is 8.10. The summed E-state index contributed by atoms with van der Waals surface area (Å²) in [7, 11) is -2.01. The van der Waals surface area contributed by atoms with Crippen molar-refractivity contribution in [1.82, 2.24) is 4.90 Å². The standard InChI is InChI=1S/C19H21N3O3S/c1-14(17-8-10-18(11-9-17)26(21,24)25)22(2)19(23)12-7-15-3-5-16(13-20)6-4-15/h3-6,8-11,14H,7,12H2,1-2H3,(H2,21,24,25). The average molecular weight is 371 g/mol. The molecule has 2 N–H and O–H groups in total. The van der Waals surface area contributed by atoms with E-state index in [2.05, 4.69) is 6.07 Å². The second-order valence-corrected chi connectivity index (χ2v) is 7.66. The van der Waals surface area contributed by atoms with Crippen molar-refractivity contribution in [1.29, 1.82) is 5.26 Å². The van der Waals surface area contributed by atoms with Crippen LogP contribution in [0.25, 0.3) is 0 Å². The lowest BCUT2D eigenvalue weighted by Gasteiger charge is -2.25. The van der Waals surface area contributed by atoms with Crippen molar-refractivity contribution < 1.29 is 13.2 Å². The number of nitrogens with zero attached hydrogens (tertiary/aromatic N) is 2. The Balaban J connectivity index is 1.99. The van der Waals surface area contributed by atoms with Crippen molar-refractivity contribution in [2.45, 2.75) is 30.7 Å². The van der Waals surface area contributed by atoms with Crippen LogP contribution in [-0.2, 0) is 21.2 Å². The van der Waals surface area contributed by atoms with Crippen molar-refractivity contribution in [3.05, 3.63) is 65.2 Å². The highest BCUT2D eigenvalue weighted by Gasteiger charge is 2.18. The summed E-state index contributed by atoms with van der Waals surface area (Å²) in [6.45, 7) is 1.88. The van der Waals surface area contributed by atoms with Crippen LogP contribution in [-0.4, -0.2) is 26.3 Å².